The summed E-state index contributed by atoms with van der Waals surface area (Å²) in [7, 11) is 0. The van der Waals surface area contributed by atoms with Gasteiger partial charge in [0.2, 0.25) is 5.91 Å². The SMILES string of the molecule is CCCOC(=O)c1cccc(NC(=O)CSC2=NC(=O)C3CCCC3=N2)c1. The van der Waals surface area contributed by atoms with Crippen molar-refractivity contribution in [2.24, 2.45) is 15.9 Å². The summed E-state index contributed by atoms with van der Waals surface area (Å²) >= 11 is 1.14. The highest BCUT2D eigenvalue weighted by Gasteiger charge is 2.32. The number of ether oxygens (including phenoxy) is 1. The van der Waals surface area contributed by atoms with Crippen LogP contribution in [0.1, 0.15) is 43.0 Å². The average molecular weight is 387 g/mol. The molecule has 1 heterocycles. The zero-order valence-corrected chi connectivity index (χ0v) is 15.9. The molecule has 1 N–H and O–H groups in total. The van der Waals surface area contributed by atoms with Gasteiger partial charge < -0.3 is 10.1 Å². The van der Waals surface area contributed by atoms with Crippen LogP contribution in [0.5, 0.6) is 0 Å². The molecule has 1 aliphatic carbocycles. The van der Waals surface area contributed by atoms with E-state index in [4.69, 9.17) is 4.74 Å². The first-order valence-corrected chi connectivity index (χ1v) is 9.95. The van der Waals surface area contributed by atoms with Gasteiger partial charge in [-0.05, 0) is 43.9 Å². The normalized spacial score (nSPS) is 18.4. The number of anilines is 1. The zero-order valence-electron chi connectivity index (χ0n) is 15.1. The lowest BCUT2D eigenvalue weighted by Crippen LogP contribution is -2.24. The summed E-state index contributed by atoms with van der Waals surface area (Å²) in [6.45, 7) is 2.28. The molecule has 1 aliphatic heterocycles. The molecule has 1 saturated carbocycles. The maximum atomic E-state index is 12.2. The molecule has 0 saturated heterocycles. The highest BCUT2D eigenvalue weighted by atomic mass is 32.2. The molecular weight excluding hydrogens is 366 g/mol. The fourth-order valence-corrected chi connectivity index (χ4v) is 3.61. The molecule has 27 heavy (non-hydrogen) atoms. The average Bonchev–Trinajstić information content (AvgIpc) is 3.14. The lowest BCUT2D eigenvalue weighted by molar-refractivity contribution is -0.119. The Kier molecular flexibility index (Phi) is 6.39. The summed E-state index contributed by atoms with van der Waals surface area (Å²) in [6, 6.07) is 6.59. The number of fused-ring (bicyclic) bond motifs is 1. The number of benzene rings is 1. The molecule has 1 unspecified atom stereocenters. The van der Waals surface area contributed by atoms with Gasteiger partial charge in [-0.25, -0.2) is 9.79 Å². The van der Waals surface area contributed by atoms with Crippen LogP contribution in [-0.4, -0.2) is 41.0 Å². The minimum Gasteiger partial charge on any atom is -0.462 e. The Balaban J connectivity index is 1.54. The van der Waals surface area contributed by atoms with E-state index in [0.717, 1.165) is 43.2 Å². The van der Waals surface area contributed by atoms with Gasteiger partial charge in [-0.15, -0.1) is 0 Å². The van der Waals surface area contributed by atoms with Gasteiger partial charge in [0.05, 0.1) is 23.8 Å². The number of nitrogens with zero attached hydrogens (tertiary/aromatic N) is 2. The van der Waals surface area contributed by atoms with Gasteiger partial charge in [-0.2, -0.15) is 4.99 Å². The maximum Gasteiger partial charge on any atom is 0.338 e. The van der Waals surface area contributed by atoms with Crippen molar-refractivity contribution in [2.45, 2.75) is 32.6 Å². The minimum absolute atomic E-state index is 0.0814. The quantitative estimate of drug-likeness (QED) is 0.757. The standard InChI is InChI=1S/C19H21N3O4S/c1-2-9-26-18(25)12-5-3-6-13(10-12)20-16(23)11-27-19-21-15-8-4-7-14(15)17(24)22-19/h3,5-6,10,14H,2,4,7-9,11H2,1H3,(H,20,23). The number of rotatable bonds is 6. The lowest BCUT2D eigenvalue weighted by atomic mass is 10.1. The zero-order chi connectivity index (χ0) is 19.2. The summed E-state index contributed by atoms with van der Waals surface area (Å²) in [6.07, 6.45) is 3.34. The van der Waals surface area contributed by atoms with Crippen LogP contribution in [0.2, 0.25) is 0 Å². The fraction of sp³-hybridized carbons (Fsp3) is 0.421. The maximum absolute atomic E-state index is 12.2. The molecular formula is C19H21N3O4S. The molecule has 0 spiro atoms. The van der Waals surface area contributed by atoms with Gasteiger partial charge in [0, 0.05) is 11.4 Å². The molecule has 2 amide bonds. The summed E-state index contributed by atoms with van der Waals surface area (Å²) in [4.78, 5) is 44.4. The predicted molar refractivity (Wildman–Crippen MR) is 105 cm³/mol. The first kappa shape index (κ1) is 19.3. The molecule has 7 nitrogen and oxygen atoms in total. The van der Waals surface area contributed by atoms with E-state index in [1.807, 2.05) is 6.92 Å². The van der Waals surface area contributed by atoms with Crippen molar-refractivity contribution in [3.63, 3.8) is 0 Å². The number of amidine groups is 1. The highest BCUT2D eigenvalue weighted by molar-refractivity contribution is 8.14. The van der Waals surface area contributed by atoms with Crippen LogP contribution in [0.3, 0.4) is 0 Å². The van der Waals surface area contributed by atoms with Crippen LogP contribution < -0.4 is 5.32 Å². The van der Waals surface area contributed by atoms with Crippen LogP contribution in [0.15, 0.2) is 34.3 Å². The minimum atomic E-state index is -0.417. The molecule has 3 rings (SSSR count). The van der Waals surface area contributed by atoms with E-state index in [2.05, 4.69) is 15.3 Å². The van der Waals surface area contributed by atoms with Gasteiger partial charge in [0.15, 0.2) is 5.17 Å². The first-order chi connectivity index (χ1) is 13.1. The molecule has 2 aliphatic rings. The van der Waals surface area contributed by atoms with Gasteiger partial charge >= 0.3 is 5.97 Å². The van der Waals surface area contributed by atoms with E-state index in [0.29, 0.717) is 23.0 Å². The molecule has 1 atom stereocenters. The van der Waals surface area contributed by atoms with E-state index in [1.54, 1.807) is 24.3 Å². The number of thioether (sulfide) groups is 1. The van der Waals surface area contributed by atoms with Gasteiger partial charge in [0.1, 0.15) is 0 Å². The summed E-state index contributed by atoms with van der Waals surface area (Å²) in [5.74, 6) is -0.905. The Bertz CT molecular complexity index is 819. The summed E-state index contributed by atoms with van der Waals surface area (Å²) in [5, 5.41) is 3.08. The third-order valence-corrected chi connectivity index (χ3v) is 5.07. The van der Waals surface area contributed by atoms with Crippen molar-refractivity contribution >= 4 is 46.1 Å². The number of carbonyl (C=O) groups excluding carboxylic acids is 3. The second-order valence-electron chi connectivity index (χ2n) is 6.33. The van der Waals surface area contributed by atoms with Crippen LogP contribution >= 0.6 is 11.8 Å². The predicted octanol–water partition coefficient (Wildman–Crippen LogP) is 3.06. The van der Waals surface area contributed by atoms with Crippen molar-refractivity contribution in [3.8, 4) is 0 Å². The summed E-state index contributed by atoms with van der Waals surface area (Å²) < 4.78 is 5.09. The van der Waals surface area contributed by atoms with E-state index >= 15 is 0 Å². The lowest BCUT2D eigenvalue weighted by Gasteiger charge is -2.13. The molecule has 1 fully saturated rings. The molecule has 1 aromatic carbocycles. The number of esters is 1. The molecule has 0 aromatic heterocycles. The Labute approximate surface area is 161 Å². The Morgan fingerprint density at radius 2 is 2.19 bits per heavy atom. The number of carbonyl (C=O) groups is 3. The molecule has 1 aromatic rings. The first-order valence-electron chi connectivity index (χ1n) is 8.96. The van der Waals surface area contributed by atoms with Crippen molar-refractivity contribution in [1.82, 2.24) is 0 Å². The number of amides is 2. The highest BCUT2D eigenvalue weighted by Crippen LogP contribution is 2.28. The van der Waals surface area contributed by atoms with E-state index in [9.17, 15) is 14.4 Å². The van der Waals surface area contributed by atoms with Crippen molar-refractivity contribution in [1.29, 1.82) is 0 Å². The number of hydrogen-bond acceptors (Lipinski definition) is 6. The Morgan fingerprint density at radius 1 is 1.33 bits per heavy atom. The van der Waals surface area contributed by atoms with E-state index < -0.39 is 5.97 Å². The van der Waals surface area contributed by atoms with Crippen LogP contribution in [0.25, 0.3) is 0 Å². The molecule has 8 heteroatoms. The Hall–Kier alpha value is -2.48. The number of nitrogens with one attached hydrogen (secondary N) is 1. The van der Waals surface area contributed by atoms with Crippen molar-refractivity contribution < 1.29 is 19.1 Å². The van der Waals surface area contributed by atoms with Crippen LogP contribution in [-0.2, 0) is 14.3 Å². The fourth-order valence-electron chi connectivity index (χ4n) is 2.94. The van der Waals surface area contributed by atoms with Crippen molar-refractivity contribution in [2.75, 3.05) is 17.7 Å². The second kappa shape index (κ2) is 8.94. The molecule has 142 valence electrons. The number of aliphatic imine (C=N–C) groups is 2. The van der Waals surface area contributed by atoms with E-state index in [-0.39, 0.29) is 23.5 Å². The number of hydrogen-bond donors (Lipinski definition) is 1. The summed E-state index contributed by atoms with van der Waals surface area (Å²) in [5.41, 5.74) is 1.78. The molecule has 0 bridgehead atoms. The van der Waals surface area contributed by atoms with Gasteiger partial charge in [0.25, 0.3) is 5.91 Å². The van der Waals surface area contributed by atoms with Gasteiger partial charge in [-0.3, -0.25) is 9.59 Å². The second-order valence-corrected chi connectivity index (χ2v) is 7.28. The topological polar surface area (TPSA) is 97.2 Å². The van der Waals surface area contributed by atoms with Gasteiger partial charge in [-0.1, -0.05) is 24.8 Å². The smallest absolute Gasteiger partial charge is 0.338 e. The molecule has 0 radical (unpaired) electrons. The monoisotopic (exact) mass is 387 g/mol. The largest absolute Gasteiger partial charge is 0.462 e. The Morgan fingerprint density at radius 3 is 3.00 bits per heavy atom. The van der Waals surface area contributed by atoms with E-state index in [1.165, 1.54) is 0 Å². The van der Waals surface area contributed by atoms with Crippen LogP contribution in [0, 0.1) is 5.92 Å². The van der Waals surface area contributed by atoms with Crippen molar-refractivity contribution in [3.05, 3.63) is 29.8 Å². The third kappa shape index (κ3) is 5.03. The van der Waals surface area contributed by atoms with Crippen LogP contribution in [0.4, 0.5) is 5.69 Å². The third-order valence-electron chi connectivity index (χ3n) is 4.22.